The van der Waals surface area contributed by atoms with Gasteiger partial charge in [0, 0.05) is 12.1 Å². The van der Waals surface area contributed by atoms with Crippen LogP contribution in [0.4, 0.5) is 11.6 Å². The van der Waals surface area contributed by atoms with Crippen molar-refractivity contribution in [3.8, 4) is 0 Å². The number of rotatable bonds is 7. The molecule has 0 saturated carbocycles. The number of amides is 1. The quantitative estimate of drug-likeness (QED) is 0.366. The van der Waals surface area contributed by atoms with Gasteiger partial charge in [0.1, 0.15) is 18.2 Å². The fourth-order valence-electron chi connectivity index (χ4n) is 3.23. The van der Waals surface area contributed by atoms with Crippen LogP contribution in [0, 0.1) is 17.0 Å². The van der Waals surface area contributed by atoms with Crippen LogP contribution in [0.15, 0.2) is 41.2 Å². The van der Waals surface area contributed by atoms with Gasteiger partial charge >= 0.3 is 5.69 Å². The van der Waals surface area contributed by atoms with Crippen molar-refractivity contribution in [1.82, 2.24) is 24.5 Å². The number of fused-ring (bicyclic) bond motifs is 1. The number of hydrogen-bond donors (Lipinski definition) is 1. The van der Waals surface area contributed by atoms with Crippen LogP contribution in [0.25, 0.3) is 11.0 Å². The third-order valence-electron chi connectivity index (χ3n) is 4.68. The van der Waals surface area contributed by atoms with Gasteiger partial charge in [-0.1, -0.05) is 24.2 Å². The van der Waals surface area contributed by atoms with Crippen LogP contribution in [0.1, 0.15) is 35.2 Å². The van der Waals surface area contributed by atoms with Gasteiger partial charge in [-0.15, -0.1) is 0 Å². The van der Waals surface area contributed by atoms with Gasteiger partial charge in [0.05, 0.1) is 22.5 Å². The summed E-state index contributed by atoms with van der Waals surface area (Å²) in [6.45, 7) is 4.52. The molecule has 1 aromatic carbocycles. The van der Waals surface area contributed by atoms with E-state index in [0.29, 0.717) is 23.8 Å². The summed E-state index contributed by atoms with van der Waals surface area (Å²) in [5, 5.41) is 21.5. The predicted molar refractivity (Wildman–Crippen MR) is 107 cm³/mol. The number of aromatic nitrogens is 5. The molecule has 4 aromatic rings. The molecular formula is C19H19N7O4. The Morgan fingerprint density at radius 3 is 2.87 bits per heavy atom. The Morgan fingerprint density at radius 2 is 2.13 bits per heavy atom. The standard InChI is InChI=1S/C19H19N7O4/c1-3-8-25-16-7-5-4-6-15(16)21-19(25)22-18(27)17-14(12(2)30-23-17)11-24-10-13(9-20-24)26(28)29/h4-7,9-10H,3,8,11H2,1-2H3,(H,21,22,27). The van der Waals surface area contributed by atoms with Crippen LogP contribution in [-0.2, 0) is 13.1 Å². The van der Waals surface area contributed by atoms with E-state index < -0.39 is 10.8 Å². The van der Waals surface area contributed by atoms with Crippen LogP contribution >= 0.6 is 0 Å². The number of benzene rings is 1. The number of carbonyl (C=O) groups is 1. The Morgan fingerprint density at radius 1 is 1.33 bits per heavy atom. The lowest BCUT2D eigenvalue weighted by atomic mass is 10.2. The van der Waals surface area contributed by atoms with Crippen LogP contribution in [0.2, 0.25) is 0 Å². The van der Waals surface area contributed by atoms with E-state index in [-0.39, 0.29) is 17.9 Å². The second kappa shape index (κ2) is 7.78. The van der Waals surface area contributed by atoms with E-state index in [2.05, 4.69) is 20.6 Å². The Labute approximate surface area is 170 Å². The largest absolute Gasteiger partial charge is 0.361 e. The maximum absolute atomic E-state index is 13.0. The summed E-state index contributed by atoms with van der Waals surface area (Å²) in [7, 11) is 0. The van der Waals surface area contributed by atoms with Crippen LogP contribution in [0.3, 0.4) is 0 Å². The highest BCUT2D eigenvalue weighted by Crippen LogP contribution is 2.22. The molecule has 3 heterocycles. The van der Waals surface area contributed by atoms with Gasteiger partial charge in [0.25, 0.3) is 5.91 Å². The van der Waals surface area contributed by atoms with Crippen molar-refractivity contribution in [3.63, 3.8) is 0 Å². The number of nitro groups is 1. The molecule has 0 unspecified atom stereocenters. The summed E-state index contributed by atoms with van der Waals surface area (Å²) in [4.78, 5) is 27.8. The zero-order valence-corrected chi connectivity index (χ0v) is 16.4. The molecule has 0 radical (unpaired) electrons. The predicted octanol–water partition coefficient (Wildman–Crippen LogP) is 3.15. The lowest BCUT2D eigenvalue weighted by Gasteiger charge is -2.08. The van der Waals surface area contributed by atoms with E-state index in [1.807, 2.05) is 35.8 Å². The highest BCUT2D eigenvalue weighted by Gasteiger charge is 2.23. The SMILES string of the molecule is CCCn1c(NC(=O)c2noc(C)c2Cn2cc([N+](=O)[O-])cn2)nc2ccccc21. The number of anilines is 1. The van der Waals surface area contributed by atoms with Crippen molar-refractivity contribution in [2.24, 2.45) is 0 Å². The van der Waals surface area contributed by atoms with Gasteiger partial charge in [-0.3, -0.25) is 24.9 Å². The van der Waals surface area contributed by atoms with Gasteiger partial charge < -0.3 is 9.09 Å². The molecule has 0 aliphatic carbocycles. The summed E-state index contributed by atoms with van der Waals surface area (Å²) in [6, 6.07) is 7.64. The molecular weight excluding hydrogens is 390 g/mol. The second-order valence-electron chi connectivity index (χ2n) is 6.75. The molecule has 154 valence electrons. The van der Waals surface area contributed by atoms with E-state index in [1.54, 1.807) is 6.92 Å². The number of nitrogens with one attached hydrogen (secondary N) is 1. The zero-order chi connectivity index (χ0) is 21.3. The van der Waals surface area contributed by atoms with E-state index >= 15 is 0 Å². The van der Waals surface area contributed by atoms with Gasteiger partial charge in [-0.2, -0.15) is 5.10 Å². The first-order valence-electron chi connectivity index (χ1n) is 9.36. The average molecular weight is 409 g/mol. The third kappa shape index (κ3) is 3.52. The second-order valence-corrected chi connectivity index (χ2v) is 6.75. The summed E-state index contributed by atoms with van der Waals surface area (Å²) in [5.74, 6) is 0.376. The molecule has 11 nitrogen and oxygen atoms in total. The Hall–Kier alpha value is -4.02. The first-order chi connectivity index (χ1) is 14.5. The fourth-order valence-corrected chi connectivity index (χ4v) is 3.23. The van der Waals surface area contributed by atoms with Gasteiger partial charge in [-0.05, 0) is 25.5 Å². The molecule has 0 atom stereocenters. The molecule has 11 heteroatoms. The highest BCUT2D eigenvalue weighted by atomic mass is 16.6. The molecule has 1 amide bonds. The van der Waals surface area contributed by atoms with Crippen LogP contribution < -0.4 is 5.32 Å². The molecule has 0 aliphatic heterocycles. The van der Waals surface area contributed by atoms with Crippen molar-refractivity contribution in [2.75, 3.05) is 5.32 Å². The van der Waals surface area contributed by atoms with Gasteiger partial charge in [0.2, 0.25) is 5.95 Å². The third-order valence-corrected chi connectivity index (χ3v) is 4.68. The highest BCUT2D eigenvalue weighted by molar-refractivity contribution is 6.03. The molecule has 4 rings (SSSR count). The van der Waals surface area contributed by atoms with E-state index in [0.717, 1.165) is 23.7 Å². The van der Waals surface area contributed by atoms with Crippen LogP contribution in [0.5, 0.6) is 0 Å². The lowest BCUT2D eigenvalue weighted by Crippen LogP contribution is -2.19. The Kier molecular flexibility index (Phi) is 5.00. The summed E-state index contributed by atoms with van der Waals surface area (Å²) in [5.41, 5.74) is 2.14. The molecule has 0 saturated heterocycles. The Balaban J connectivity index is 1.62. The van der Waals surface area contributed by atoms with E-state index in [1.165, 1.54) is 10.9 Å². The number of imidazole rings is 1. The maximum Gasteiger partial charge on any atom is 0.307 e. The summed E-state index contributed by atoms with van der Waals surface area (Å²) >= 11 is 0. The van der Waals surface area contributed by atoms with Crippen molar-refractivity contribution in [2.45, 2.75) is 33.4 Å². The molecule has 30 heavy (non-hydrogen) atoms. The van der Waals surface area contributed by atoms with Crippen molar-refractivity contribution < 1.29 is 14.2 Å². The minimum atomic E-state index is -0.532. The lowest BCUT2D eigenvalue weighted by molar-refractivity contribution is -0.385. The van der Waals surface area contributed by atoms with E-state index in [4.69, 9.17) is 4.52 Å². The number of nitrogens with zero attached hydrogens (tertiary/aromatic N) is 6. The minimum absolute atomic E-state index is 0.0840. The molecule has 1 N–H and O–H groups in total. The number of hydrogen-bond acceptors (Lipinski definition) is 7. The molecule has 0 spiro atoms. The summed E-state index contributed by atoms with van der Waals surface area (Å²) in [6.07, 6.45) is 3.31. The van der Waals surface area contributed by atoms with Crippen molar-refractivity contribution in [3.05, 3.63) is 63.8 Å². The average Bonchev–Trinajstić information content (AvgIpc) is 3.42. The normalized spacial score (nSPS) is 11.1. The molecule has 3 aromatic heterocycles. The van der Waals surface area contributed by atoms with Gasteiger partial charge in [0.15, 0.2) is 5.69 Å². The van der Waals surface area contributed by atoms with E-state index in [9.17, 15) is 14.9 Å². The first kappa shape index (κ1) is 19.3. The first-order valence-corrected chi connectivity index (χ1v) is 9.36. The monoisotopic (exact) mass is 409 g/mol. The van der Waals surface area contributed by atoms with Crippen LogP contribution in [-0.4, -0.2) is 35.3 Å². The smallest absolute Gasteiger partial charge is 0.307 e. The van der Waals surface area contributed by atoms with Gasteiger partial charge in [-0.25, -0.2) is 4.98 Å². The molecule has 0 fully saturated rings. The number of para-hydroxylation sites is 2. The van der Waals surface area contributed by atoms with Crippen molar-refractivity contribution >= 4 is 28.6 Å². The zero-order valence-electron chi connectivity index (χ0n) is 16.4. The minimum Gasteiger partial charge on any atom is -0.361 e. The topological polar surface area (TPSA) is 134 Å². The number of aryl methyl sites for hydroxylation is 2. The molecule has 0 bridgehead atoms. The Bertz CT molecular complexity index is 1240. The van der Waals surface area contributed by atoms with Crippen molar-refractivity contribution in [1.29, 1.82) is 0 Å². The molecule has 0 aliphatic rings. The number of carbonyl (C=O) groups excluding carboxylic acids is 1. The maximum atomic E-state index is 13.0. The summed E-state index contributed by atoms with van der Waals surface area (Å²) < 4.78 is 8.51. The fraction of sp³-hybridized carbons (Fsp3) is 0.263.